The van der Waals surface area contributed by atoms with E-state index in [0.717, 1.165) is 5.56 Å². The first-order valence-corrected chi connectivity index (χ1v) is 4.58. The summed E-state index contributed by atoms with van der Waals surface area (Å²) in [7, 11) is 1.72. The molecule has 0 aliphatic carbocycles. The Labute approximate surface area is 83.6 Å². The molecule has 0 saturated heterocycles. The SMILES string of the molecule is CNCC(O)C(O)c1cc(C)ccn1. The van der Waals surface area contributed by atoms with E-state index in [1.54, 1.807) is 19.3 Å². The predicted octanol–water partition coefficient (Wildman–Crippen LogP) is 0.00372. The zero-order chi connectivity index (χ0) is 10.6. The van der Waals surface area contributed by atoms with Crippen LogP contribution in [0.3, 0.4) is 0 Å². The molecule has 1 rings (SSSR count). The molecule has 0 spiro atoms. The van der Waals surface area contributed by atoms with Crippen molar-refractivity contribution < 1.29 is 10.2 Å². The van der Waals surface area contributed by atoms with E-state index in [2.05, 4.69) is 10.3 Å². The molecule has 3 N–H and O–H groups in total. The van der Waals surface area contributed by atoms with Gasteiger partial charge in [-0.05, 0) is 31.7 Å². The summed E-state index contributed by atoms with van der Waals surface area (Å²) in [6.07, 6.45) is -0.128. The molecule has 1 heterocycles. The van der Waals surface area contributed by atoms with E-state index in [1.807, 2.05) is 13.0 Å². The summed E-state index contributed by atoms with van der Waals surface area (Å²) < 4.78 is 0. The third-order valence-corrected chi connectivity index (χ3v) is 2.02. The van der Waals surface area contributed by atoms with Crippen LogP contribution >= 0.6 is 0 Å². The Kier molecular flexibility index (Phi) is 4.00. The van der Waals surface area contributed by atoms with E-state index in [4.69, 9.17) is 0 Å². The highest BCUT2D eigenvalue weighted by molar-refractivity contribution is 5.16. The van der Waals surface area contributed by atoms with Crippen molar-refractivity contribution in [2.45, 2.75) is 19.1 Å². The van der Waals surface area contributed by atoms with Crippen LogP contribution in [0.15, 0.2) is 18.3 Å². The van der Waals surface area contributed by atoms with Crippen molar-refractivity contribution in [1.82, 2.24) is 10.3 Å². The number of hydrogen-bond donors (Lipinski definition) is 3. The van der Waals surface area contributed by atoms with Gasteiger partial charge in [-0.3, -0.25) is 4.98 Å². The zero-order valence-electron chi connectivity index (χ0n) is 8.44. The highest BCUT2D eigenvalue weighted by Crippen LogP contribution is 2.14. The predicted molar refractivity (Wildman–Crippen MR) is 53.9 cm³/mol. The molecule has 0 radical (unpaired) electrons. The molecule has 1 aromatic heterocycles. The average Bonchev–Trinajstić information content (AvgIpc) is 2.17. The molecule has 0 aliphatic rings. The van der Waals surface area contributed by atoms with Gasteiger partial charge in [-0.15, -0.1) is 0 Å². The summed E-state index contributed by atoms with van der Waals surface area (Å²) >= 11 is 0. The number of aromatic nitrogens is 1. The van der Waals surface area contributed by atoms with Crippen LogP contribution in [0, 0.1) is 6.92 Å². The number of nitrogens with one attached hydrogen (secondary N) is 1. The molecule has 0 amide bonds. The quantitative estimate of drug-likeness (QED) is 0.634. The van der Waals surface area contributed by atoms with Gasteiger partial charge in [0.05, 0.1) is 11.8 Å². The van der Waals surface area contributed by atoms with E-state index < -0.39 is 12.2 Å². The number of hydrogen-bond acceptors (Lipinski definition) is 4. The number of pyridine rings is 1. The van der Waals surface area contributed by atoms with Gasteiger partial charge in [0, 0.05) is 12.7 Å². The molecule has 1 aromatic rings. The molecule has 0 bridgehead atoms. The van der Waals surface area contributed by atoms with Crippen LogP contribution in [0.4, 0.5) is 0 Å². The number of nitrogens with zero attached hydrogens (tertiary/aromatic N) is 1. The van der Waals surface area contributed by atoms with Crippen LogP contribution in [0.1, 0.15) is 17.4 Å². The summed E-state index contributed by atoms with van der Waals surface area (Å²) in [5.74, 6) is 0. The number of aliphatic hydroxyl groups excluding tert-OH is 2. The first kappa shape index (κ1) is 11.1. The molecule has 4 nitrogen and oxygen atoms in total. The lowest BCUT2D eigenvalue weighted by atomic mass is 10.1. The number of likely N-dealkylation sites (N-methyl/N-ethyl adjacent to an activating group) is 1. The van der Waals surface area contributed by atoms with Crippen molar-refractivity contribution in [3.63, 3.8) is 0 Å². The molecule has 2 unspecified atom stereocenters. The summed E-state index contributed by atoms with van der Waals surface area (Å²) in [5.41, 5.74) is 1.53. The Morgan fingerprint density at radius 1 is 1.50 bits per heavy atom. The number of rotatable bonds is 4. The van der Waals surface area contributed by atoms with Gasteiger partial charge in [-0.2, -0.15) is 0 Å². The lowest BCUT2D eigenvalue weighted by molar-refractivity contribution is 0.0176. The van der Waals surface area contributed by atoms with Crippen molar-refractivity contribution >= 4 is 0 Å². The molecule has 78 valence electrons. The third kappa shape index (κ3) is 2.77. The first-order chi connectivity index (χ1) is 6.65. The molecular formula is C10H16N2O2. The van der Waals surface area contributed by atoms with E-state index in [-0.39, 0.29) is 0 Å². The second-order valence-electron chi connectivity index (χ2n) is 3.33. The van der Waals surface area contributed by atoms with Gasteiger partial charge in [-0.1, -0.05) is 0 Å². The second kappa shape index (κ2) is 5.05. The maximum absolute atomic E-state index is 9.69. The Morgan fingerprint density at radius 3 is 2.79 bits per heavy atom. The Morgan fingerprint density at radius 2 is 2.21 bits per heavy atom. The topological polar surface area (TPSA) is 65.4 Å². The van der Waals surface area contributed by atoms with Gasteiger partial charge in [-0.25, -0.2) is 0 Å². The van der Waals surface area contributed by atoms with E-state index in [9.17, 15) is 10.2 Å². The summed E-state index contributed by atoms with van der Waals surface area (Å²) in [4.78, 5) is 4.01. The summed E-state index contributed by atoms with van der Waals surface area (Å²) in [6, 6.07) is 3.62. The van der Waals surface area contributed by atoms with Crippen LogP contribution in [-0.2, 0) is 0 Å². The van der Waals surface area contributed by atoms with Gasteiger partial charge in [0.1, 0.15) is 6.10 Å². The lowest BCUT2D eigenvalue weighted by Crippen LogP contribution is -2.30. The van der Waals surface area contributed by atoms with Crippen molar-refractivity contribution in [1.29, 1.82) is 0 Å². The average molecular weight is 196 g/mol. The molecule has 0 saturated carbocycles. The minimum absolute atomic E-state index is 0.344. The second-order valence-corrected chi connectivity index (χ2v) is 3.33. The van der Waals surface area contributed by atoms with Crippen LogP contribution in [0.2, 0.25) is 0 Å². The Hall–Kier alpha value is -0.970. The van der Waals surface area contributed by atoms with E-state index in [1.165, 1.54) is 0 Å². The maximum atomic E-state index is 9.69. The molecule has 0 aromatic carbocycles. The fourth-order valence-corrected chi connectivity index (χ4v) is 1.24. The summed E-state index contributed by atoms with van der Waals surface area (Å²) in [6.45, 7) is 2.26. The fraction of sp³-hybridized carbons (Fsp3) is 0.500. The first-order valence-electron chi connectivity index (χ1n) is 4.58. The Bertz CT molecular complexity index is 291. The largest absolute Gasteiger partial charge is 0.389 e. The molecule has 4 heteroatoms. The minimum Gasteiger partial charge on any atom is -0.389 e. The Balaban J connectivity index is 2.73. The van der Waals surface area contributed by atoms with Crippen LogP contribution in [0.5, 0.6) is 0 Å². The van der Waals surface area contributed by atoms with Gasteiger partial charge in [0.15, 0.2) is 0 Å². The van der Waals surface area contributed by atoms with Crippen molar-refractivity contribution in [2.75, 3.05) is 13.6 Å². The van der Waals surface area contributed by atoms with Gasteiger partial charge >= 0.3 is 0 Å². The maximum Gasteiger partial charge on any atom is 0.123 e. The third-order valence-electron chi connectivity index (χ3n) is 2.02. The fourth-order valence-electron chi connectivity index (χ4n) is 1.24. The number of aryl methyl sites for hydroxylation is 1. The van der Waals surface area contributed by atoms with Crippen molar-refractivity contribution in [3.05, 3.63) is 29.6 Å². The van der Waals surface area contributed by atoms with E-state index in [0.29, 0.717) is 12.2 Å². The van der Waals surface area contributed by atoms with Crippen LogP contribution < -0.4 is 5.32 Å². The van der Waals surface area contributed by atoms with Crippen LogP contribution in [0.25, 0.3) is 0 Å². The standard InChI is InChI=1S/C10H16N2O2/c1-7-3-4-12-8(5-7)10(14)9(13)6-11-2/h3-5,9-11,13-14H,6H2,1-2H3. The van der Waals surface area contributed by atoms with Gasteiger partial charge in [0.25, 0.3) is 0 Å². The molecular weight excluding hydrogens is 180 g/mol. The number of aliphatic hydroxyl groups is 2. The highest BCUT2D eigenvalue weighted by Gasteiger charge is 2.18. The molecule has 0 fully saturated rings. The van der Waals surface area contributed by atoms with E-state index >= 15 is 0 Å². The molecule has 0 aliphatic heterocycles. The highest BCUT2D eigenvalue weighted by atomic mass is 16.3. The normalized spacial score (nSPS) is 15.1. The molecule has 14 heavy (non-hydrogen) atoms. The monoisotopic (exact) mass is 196 g/mol. The zero-order valence-corrected chi connectivity index (χ0v) is 8.44. The van der Waals surface area contributed by atoms with Crippen LogP contribution in [-0.4, -0.2) is 34.9 Å². The molecule has 2 atom stereocenters. The minimum atomic E-state index is -0.928. The van der Waals surface area contributed by atoms with Crippen molar-refractivity contribution in [2.24, 2.45) is 0 Å². The smallest absolute Gasteiger partial charge is 0.123 e. The summed E-state index contributed by atoms with van der Waals surface area (Å²) in [5, 5.41) is 22.0. The van der Waals surface area contributed by atoms with Crippen molar-refractivity contribution in [3.8, 4) is 0 Å². The lowest BCUT2D eigenvalue weighted by Gasteiger charge is -2.16. The van der Waals surface area contributed by atoms with Gasteiger partial charge in [0.2, 0.25) is 0 Å². The van der Waals surface area contributed by atoms with Gasteiger partial charge < -0.3 is 15.5 Å².